The Morgan fingerprint density at radius 2 is 1.93 bits per heavy atom. The second-order valence-corrected chi connectivity index (χ2v) is 3.03. The van der Waals surface area contributed by atoms with Gasteiger partial charge in [-0.1, -0.05) is 0 Å². The molecule has 0 aromatic rings. The number of aliphatic carboxylic acids is 1. The van der Waals surface area contributed by atoms with Crippen molar-refractivity contribution < 1.29 is 14.7 Å². The fraction of sp³-hybridized carbons (Fsp3) is 0.750. The fourth-order valence-corrected chi connectivity index (χ4v) is 0.896. The van der Waals surface area contributed by atoms with Gasteiger partial charge in [0.1, 0.15) is 0 Å². The number of hydrogen-bond donors (Lipinski definition) is 2. The van der Waals surface area contributed by atoms with E-state index in [-0.39, 0.29) is 19.0 Å². The van der Waals surface area contributed by atoms with E-state index in [9.17, 15) is 9.59 Å². The highest BCUT2D eigenvalue weighted by molar-refractivity contribution is 5.74. The van der Waals surface area contributed by atoms with Crippen molar-refractivity contribution in [3.63, 3.8) is 0 Å². The van der Waals surface area contributed by atoms with E-state index in [1.807, 2.05) is 0 Å². The Kier molecular flexibility index (Phi) is 5.62. The summed E-state index contributed by atoms with van der Waals surface area (Å²) in [5.41, 5.74) is 2.54. The summed E-state index contributed by atoms with van der Waals surface area (Å²) in [4.78, 5) is 23.1. The summed E-state index contributed by atoms with van der Waals surface area (Å²) in [5.74, 6) is -0.902. The zero-order valence-electron chi connectivity index (χ0n) is 8.78. The molecule has 6 heteroatoms. The summed E-state index contributed by atoms with van der Waals surface area (Å²) >= 11 is 0. The Hall–Kier alpha value is -1.30. The van der Waals surface area contributed by atoms with E-state index in [0.29, 0.717) is 6.54 Å². The van der Waals surface area contributed by atoms with E-state index >= 15 is 0 Å². The van der Waals surface area contributed by atoms with Crippen molar-refractivity contribution in [1.82, 2.24) is 15.3 Å². The SMILES string of the molecule is CCN(CCC(=O)O)C(=O)NN(C)C. The van der Waals surface area contributed by atoms with Crippen LogP contribution in [0.15, 0.2) is 0 Å². The zero-order chi connectivity index (χ0) is 11.1. The Morgan fingerprint density at radius 1 is 1.36 bits per heavy atom. The maximum absolute atomic E-state index is 11.4. The number of rotatable bonds is 5. The first-order valence-electron chi connectivity index (χ1n) is 4.42. The first-order chi connectivity index (χ1) is 6.47. The highest BCUT2D eigenvalue weighted by Gasteiger charge is 2.12. The topological polar surface area (TPSA) is 72.9 Å². The van der Waals surface area contributed by atoms with Gasteiger partial charge in [0, 0.05) is 27.2 Å². The molecule has 0 fully saturated rings. The summed E-state index contributed by atoms with van der Waals surface area (Å²) in [6.07, 6.45) is -0.0330. The molecule has 0 aromatic carbocycles. The molecule has 0 rings (SSSR count). The predicted molar refractivity (Wildman–Crippen MR) is 51.7 cm³/mol. The van der Waals surface area contributed by atoms with Crippen LogP contribution in [0, 0.1) is 0 Å². The number of carboxylic acids is 1. The van der Waals surface area contributed by atoms with E-state index in [0.717, 1.165) is 0 Å². The smallest absolute Gasteiger partial charge is 0.331 e. The van der Waals surface area contributed by atoms with E-state index in [4.69, 9.17) is 5.11 Å². The highest BCUT2D eigenvalue weighted by Crippen LogP contribution is 1.92. The largest absolute Gasteiger partial charge is 0.481 e. The van der Waals surface area contributed by atoms with Crippen molar-refractivity contribution in [2.75, 3.05) is 27.2 Å². The van der Waals surface area contributed by atoms with Gasteiger partial charge in [-0.15, -0.1) is 0 Å². The molecule has 0 unspecified atom stereocenters. The number of hydrazine groups is 1. The van der Waals surface area contributed by atoms with Crippen molar-refractivity contribution in [2.24, 2.45) is 0 Å². The van der Waals surface area contributed by atoms with Gasteiger partial charge in [0.25, 0.3) is 0 Å². The van der Waals surface area contributed by atoms with Crippen LogP contribution in [0.3, 0.4) is 0 Å². The quantitative estimate of drug-likeness (QED) is 0.615. The number of carboxylic acid groups (broad SMARTS) is 1. The van der Waals surface area contributed by atoms with Crippen LogP contribution in [0.2, 0.25) is 0 Å². The van der Waals surface area contributed by atoms with Crippen LogP contribution < -0.4 is 5.43 Å². The molecule has 0 bridgehead atoms. The average molecular weight is 203 g/mol. The lowest BCUT2D eigenvalue weighted by atomic mass is 10.4. The molecule has 0 aliphatic heterocycles. The van der Waals surface area contributed by atoms with Crippen LogP contribution >= 0.6 is 0 Å². The van der Waals surface area contributed by atoms with E-state index in [2.05, 4.69) is 5.43 Å². The number of carbonyl (C=O) groups excluding carboxylic acids is 1. The van der Waals surface area contributed by atoms with Crippen LogP contribution in [0.1, 0.15) is 13.3 Å². The molecule has 0 heterocycles. The van der Waals surface area contributed by atoms with Gasteiger partial charge >= 0.3 is 12.0 Å². The van der Waals surface area contributed by atoms with Crippen molar-refractivity contribution in [1.29, 1.82) is 0 Å². The second-order valence-electron chi connectivity index (χ2n) is 3.03. The molecule has 0 spiro atoms. The average Bonchev–Trinajstić information content (AvgIpc) is 2.03. The van der Waals surface area contributed by atoms with Gasteiger partial charge in [-0.3, -0.25) is 10.2 Å². The molecule has 0 aliphatic rings. The van der Waals surface area contributed by atoms with Gasteiger partial charge < -0.3 is 10.0 Å². The van der Waals surface area contributed by atoms with Gasteiger partial charge in [-0.05, 0) is 6.92 Å². The van der Waals surface area contributed by atoms with E-state index < -0.39 is 5.97 Å². The summed E-state index contributed by atoms with van der Waals surface area (Å²) in [7, 11) is 3.39. The molecule has 82 valence electrons. The molecule has 0 aliphatic carbocycles. The monoisotopic (exact) mass is 203 g/mol. The first-order valence-corrected chi connectivity index (χ1v) is 4.42. The lowest BCUT2D eigenvalue weighted by Crippen LogP contribution is -2.46. The molecule has 0 saturated heterocycles. The van der Waals surface area contributed by atoms with Crippen LogP contribution in [-0.4, -0.2) is 54.2 Å². The van der Waals surface area contributed by atoms with Crippen molar-refractivity contribution >= 4 is 12.0 Å². The summed E-state index contributed by atoms with van der Waals surface area (Å²) in [6.45, 7) is 2.52. The number of urea groups is 1. The maximum atomic E-state index is 11.4. The number of hydrogen-bond acceptors (Lipinski definition) is 3. The predicted octanol–water partition coefficient (Wildman–Crippen LogP) is -0.0308. The third-order valence-electron chi connectivity index (χ3n) is 1.58. The molecule has 0 saturated carbocycles. The third kappa shape index (κ3) is 5.36. The molecule has 0 atom stereocenters. The molecule has 2 amide bonds. The lowest BCUT2D eigenvalue weighted by Gasteiger charge is -2.22. The van der Waals surface area contributed by atoms with Gasteiger partial charge in [0.15, 0.2) is 0 Å². The lowest BCUT2D eigenvalue weighted by molar-refractivity contribution is -0.137. The van der Waals surface area contributed by atoms with E-state index in [1.165, 1.54) is 9.91 Å². The van der Waals surface area contributed by atoms with Gasteiger partial charge in [-0.25, -0.2) is 9.80 Å². The molecule has 6 nitrogen and oxygen atoms in total. The molecule has 14 heavy (non-hydrogen) atoms. The van der Waals surface area contributed by atoms with Crippen molar-refractivity contribution in [3.8, 4) is 0 Å². The van der Waals surface area contributed by atoms with Gasteiger partial charge in [-0.2, -0.15) is 0 Å². The summed E-state index contributed by atoms with van der Waals surface area (Å²) < 4.78 is 0. The first kappa shape index (κ1) is 12.7. The standard InChI is InChI=1S/C8H17N3O3/c1-4-11(6-5-7(12)13)8(14)9-10(2)3/h4-6H2,1-3H3,(H,9,14)(H,12,13). The number of nitrogens with zero attached hydrogens (tertiary/aromatic N) is 2. The highest BCUT2D eigenvalue weighted by atomic mass is 16.4. The number of carbonyl (C=O) groups is 2. The number of amides is 2. The molecular formula is C8H17N3O3. The van der Waals surface area contributed by atoms with Crippen LogP contribution in [0.4, 0.5) is 4.79 Å². The Morgan fingerprint density at radius 3 is 2.29 bits per heavy atom. The summed E-state index contributed by atoms with van der Waals surface area (Å²) in [5, 5.41) is 9.97. The minimum atomic E-state index is -0.902. The molecular weight excluding hydrogens is 186 g/mol. The maximum Gasteiger partial charge on any atom is 0.331 e. The normalized spacial score (nSPS) is 10.0. The summed E-state index contributed by atoms with van der Waals surface area (Å²) in [6, 6.07) is -0.279. The minimum Gasteiger partial charge on any atom is -0.481 e. The fourth-order valence-electron chi connectivity index (χ4n) is 0.896. The zero-order valence-corrected chi connectivity index (χ0v) is 8.78. The number of nitrogens with one attached hydrogen (secondary N) is 1. The Bertz CT molecular complexity index is 206. The van der Waals surface area contributed by atoms with Crippen LogP contribution in [0.25, 0.3) is 0 Å². The van der Waals surface area contributed by atoms with Crippen LogP contribution in [-0.2, 0) is 4.79 Å². The van der Waals surface area contributed by atoms with Crippen molar-refractivity contribution in [3.05, 3.63) is 0 Å². The minimum absolute atomic E-state index is 0.0330. The van der Waals surface area contributed by atoms with Gasteiger partial charge in [0.2, 0.25) is 0 Å². The van der Waals surface area contributed by atoms with Crippen LogP contribution in [0.5, 0.6) is 0 Å². The molecule has 0 aromatic heterocycles. The molecule has 2 N–H and O–H groups in total. The third-order valence-corrected chi connectivity index (χ3v) is 1.58. The Labute approximate surface area is 83.5 Å². The van der Waals surface area contributed by atoms with E-state index in [1.54, 1.807) is 21.0 Å². The Balaban J connectivity index is 3.99. The molecule has 0 radical (unpaired) electrons. The van der Waals surface area contributed by atoms with Crippen molar-refractivity contribution in [2.45, 2.75) is 13.3 Å². The second kappa shape index (κ2) is 6.20. The van der Waals surface area contributed by atoms with Gasteiger partial charge in [0.05, 0.1) is 6.42 Å².